The Labute approximate surface area is 149 Å². The molecule has 0 aromatic heterocycles. The molecule has 0 aliphatic carbocycles. The number of fused-ring (bicyclic) bond motifs is 1. The lowest BCUT2D eigenvalue weighted by Crippen LogP contribution is -2.44. The minimum atomic E-state index is -0.188. The minimum Gasteiger partial charge on any atom is -0.383 e. The Bertz CT molecular complexity index is 747. The van der Waals surface area contributed by atoms with Gasteiger partial charge in [0.2, 0.25) is 0 Å². The minimum absolute atomic E-state index is 0.0382. The summed E-state index contributed by atoms with van der Waals surface area (Å²) in [6.07, 6.45) is -0.188. The Morgan fingerprint density at radius 2 is 1.76 bits per heavy atom. The van der Waals surface area contributed by atoms with Gasteiger partial charge in [0.1, 0.15) is 6.17 Å². The molecule has 0 saturated heterocycles. The first-order valence-electron chi connectivity index (χ1n) is 8.68. The number of carbonyl (C=O) groups excluding carboxylic acids is 1. The van der Waals surface area contributed by atoms with Crippen molar-refractivity contribution in [1.29, 1.82) is 0 Å². The van der Waals surface area contributed by atoms with E-state index in [1.165, 1.54) is 5.56 Å². The number of benzene rings is 2. The molecule has 0 radical (unpaired) electrons. The summed E-state index contributed by atoms with van der Waals surface area (Å²) in [7, 11) is 1.66. The maximum atomic E-state index is 13.0. The zero-order valence-electron chi connectivity index (χ0n) is 15.4. The summed E-state index contributed by atoms with van der Waals surface area (Å²) >= 11 is 0. The molecule has 2 aromatic rings. The highest BCUT2D eigenvalue weighted by atomic mass is 16.5. The van der Waals surface area contributed by atoms with Gasteiger partial charge in [0, 0.05) is 19.3 Å². The van der Waals surface area contributed by atoms with Crippen molar-refractivity contribution in [3.63, 3.8) is 0 Å². The summed E-state index contributed by atoms with van der Waals surface area (Å²) in [5, 5.41) is 3.51. The summed E-state index contributed by atoms with van der Waals surface area (Å²) < 4.78 is 5.21. The second-order valence-electron chi connectivity index (χ2n) is 7.46. The highest BCUT2D eigenvalue weighted by Gasteiger charge is 2.32. The number of ether oxygens (including phenoxy) is 1. The van der Waals surface area contributed by atoms with Gasteiger partial charge in [-0.25, -0.2) is 0 Å². The molecular weight excluding hydrogens is 312 g/mol. The van der Waals surface area contributed by atoms with Crippen LogP contribution >= 0.6 is 0 Å². The molecule has 1 heterocycles. The summed E-state index contributed by atoms with van der Waals surface area (Å²) in [6.45, 7) is 7.65. The number of hydrogen-bond acceptors (Lipinski definition) is 3. The number of anilines is 1. The Hall–Kier alpha value is -2.33. The van der Waals surface area contributed by atoms with Crippen molar-refractivity contribution in [2.75, 3.05) is 25.6 Å². The standard InChI is InChI=1S/C21H26N2O2/c1-21(2,3)16-11-9-15(10-12-16)19-22-18-8-6-5-7-17(18)20(24)23(19)13-14-25-4/h5-12,19,22H,13-14H2,1-4H3. The number of nitrogens with zero attached hydrogens (tertiary/aromatic N) is 1. The van der Waals surface area contributed by atoms with Crippen LogP contribution in [0, 0.1) is 0 Å². The van der Waals surface area contributed by atoms with Crippen LogP contribution in [0.2, 0.25) is 0 Å². The summed E-state index contributed by atoms with van der Waals surface area (Å²) in [5.74, 6) is 0.0382. The van der Waals surface area contributed by atoms with Gasteiger partial charge in [-0.2, -0.15) is 0 Å². The molecule has 0 spiro atoms. The van der Waals surface area contributed by atoms with Gasteiger partial charge in [-0.1, -0.05) is 57.2 Å². The van der Waals surface area contributed by atoms with Crippen molar-refractivity contribution in [1.82, 2.24) is 4.90 Å². The highest BCUT2D eigenvalue weighted by Crippen LogP contribution is 2.33. The molecule has 1 atom stereocenters. The van der Waals surface area contributed by atoms with E-state index >= 15 is 0 Å². The second kappa shape index (κ2) is 6.89. The lowest BCUT2D eigenvalue weighted by molar-refractivity contribution is 0.0609. The zero-order chi connectivity index (χ0) is 18.0. The van der Waals surface area contributed by atoms with Crippen molar-refractivity contribution >= 4 is 11.6 Å². The monoisotopic (exact) mass is 338 g/mol. The first kappa shape index (κ1) is 17.5. The molecular formula is C21H26N2O2. The molecule has 1 amide bonds. The van der Waals surface area contributed by atoms with Crippen LogP contribution in [0.4, 0.5) is 5.69 Å². The molecule has 1 N–H and O–H groups in total. The number of para-hydroxylation sites is 1. The van der Waals surface area contributed by atoms with Crippen molar-refractivity contribution < 1.29 is 9.53 Å². The summed E-state index contributed by atoms with van der Waals surface area (Å²) in [4.78, 5) is 14.8. The van der Waals surface area contributed by atoms with Crippen LogP contribution in [0.5, 0.6) is 0 Å². The van der Waals surface area contributed by atoms with Crippen LogP contribution in [0.25, 0.3) is 0 Å². The van der Waals surface area contributed by atoms with Gasteiger partial charge in [-0.3, -0.25) is 4.79 Å². The number of methoxy groups -OCH3 is 1. The normalized spacial score (nSPS) is 17.2. The van der Waals surface area contributed by atoms with E-state index in [1.54, 1.807) is 7.11 Å². The van der Waals surface area contributed by atoms with Crippen LogP contribution in [0.3, 0.4) is 0 Å². The van der Waals surface area contributed by atoms with E-state index < -0.39 is 0 Å². The Morgan fingerprint density at radius 3 is 2.40 bits per heavy atom. The predicted octanol–water partition coefficient (Wildman–Crippen LogP) is 4.20. The Kier molecular flexibility index (Phi) is 4.82. The number of rotatable bonds is 4. The van der Waals surface area contributed by atoms with Gasteiger partial charge in [-0.05, 0) is 28.7 Å². The quantitative estimate of drug-likeness (QED) is 0.908. The van der Waals surface area contributed by atoms with Gasteiger partial charge < -0.3 is 15.0 Å². The second-order valence-corrected chi connectivity index (χ2v) is 7.46. The average molecular weight is 338 g/mol. The maximum Gasteiger partial charge on any atom is 0.257 e. The third-order valence-electron chi connectivity index (χ3n) is 4.65. The smallest absolute Gasteiger partial charge is 0.257 e. The van der Waals surface area contributed by atoms with Crippen LogP contribution < -0.4 is 5.32 Å². The van der Waals surface area contributed by atoms with Gasteiger partial charge >= 0.3 is 0 Å². The molecule has 4 nitrogen and oxygen atoms in total. The van der Waals surface area contributed by atoms with E-state index in [0.717, 1.165) is 11.3 Å². The fourth-order valence-corrected chi connectivity index (χ4v) is 3.14. The van der Waals surface area contributed by atoms with Crippen molar-refractivity contribution in [2.45, 2.75) is 32.4 Å². The fraction of sp³-hybridized carbons (Fsp3) is 0.381. The van der Waals surface area contributed by atoms with E-state index in [4.69, 9.17) is 4.74 Å². The van der Waals surface area contributed by atoms with Crippen LogP contribution in [0.15, 0.2) is 48.5 Å². The number of nitrogens with one attached hydrogen (secondary N) is 1. The van der Waals surface area contributed by atoms with E-state index in [1.807, 2.05) is 29.2 Å². The first-order valence-corrected chi connectivity index (χ1v) is 8.68. The molecule has 1 unspecified atom stereocenters. The molecule has 1 aliphatic heterocycles. The zero-order valence-corrected chi connectivity index (χ0v) is 15.4. The van der Waals surface area contributed by atoms with E-state index in [2.05, 4.69) is 50.4 Å². The van der Waals surface area contributed by atoms with E-state index in [0.29, 0.717) is 18.7 Å². The Balaban J connectivity index is 1.96. The van der Waals surface area contributed by atoms with Crippen LogP contribution in [0.1, 0.15) is 48.4 Å². The van der Waals surface area contributed by atoms with Crippen LogP contribution in [-0.2, 0) is 10.2 Å². The molecule has 1 aliphatic rings. The third kappa shape index (κ3) is 3.54. The summed E-state index contributed by atoms with van der Waals surface area (Å²) in [6, 6.07) is 16.2. The number of amides is 1. The topological polar surface area (TPSA) is 41.6 Å². The van der Waals surface area contributed by atoms with E-state index in [-0.39, 0.29) is 17.5 Å². The largest absolute Gasteiger partial charge is 0.383 e. The first-order chi connectivity index (χ1) is 11.9. The molecule has 0 fully saturated rings. The molecule has 132 valence electrons. The highest BCUT2D eigenvalue weighted by molar-refractivity contribution is 6.01. The molecule has 2 aromatic carbocycles. The van der Waals surface area contributed by atoms with Gasteiger partial charge in [0.05, 0.1) is 12.2 Å². The van der Waals surface area contributed by atoms with E-state index in [9.17, 15) is 4.79 Å². The number of hydrogen-bond donors (Lipinski definition) is 1. The molecule has 0 bridgehead atoms. The Morgan fingerprint density at radius 1 is 1.08 bits per heavy atom. The SMILES string of the molecule is COCCN1C(=O)c2ccccc2NC1c1ccc(C(C)(C)C)cc1. The van der Waals surface area contributed by atoms with Gasteiger partial charge in [0.15, 0.2) is 0 Å². The predicted molar refractivity (Wildman–Crippen MR) is 101 cm³/mol. The van der Waals surface area contributed by atoms with Gasteiger partial charge in [0.25, 0.3) is 5.91 Å². The lowest BCUT2D eigenvalue weighted by atomic mass is 9.86. The van der Waals surface area contributed by atoms with Gasteiger partial charge in [-0.15, -0.1) is 0 Å². The van der Waals surface area contributed by atoms with Crippen LogP contribution in [-0.4, -0.2) is 31.1 Å². The fourth-order valence-electron chi connectivity index (χ4n) is 3.14. The van der Waals surface area contributed by atoms with Crippen molar-refractivity contribution in [3.8, 4) is 0 Å². The summed E-state index contributed by atoms with van der Waals surface area (Å²) in [5.41, 5.74) is 4.05. The lowest BCUT2D eigenvalue weighted by Gasteiger charge is -2.38. The average Bonchev–Trinajstić information content (AvgIpc) is 2.60. The molecule has 25 heavy (non-hydrogen) atoms. The maximum absolute atomic E-state index is 13.0. The van der Waals surface area contributed by atoms with Crippen molar-refractivity contribution in [2.24, 2.45) is 0 Å². The molecule has 4 heteroatoms. The third-order valence-corrected chi connectivity index (χ3v) is 4.65. The molecule has 0 saturated carbocycles. The van der Waals surface area contributed by atoms with Crippen molar-refractivity contribution in [3.05, 3.63) is 65.2 Å². The number of carbonyl (C=O) groups is 1. The molecule has 3 rings (SSSR count).